The van der Waals surface area contributed by atoms with Gasteiger partial charge in [0.15, 0.2) is 24.2 Å². The zero-order valence-corrected chi connectivity index (χ0v) is 29.3. The third-order valence-corrected chi connectivity index (χ3v) is 13.5. The molecule has 16 unspecified atom stereocenters. The number of hydrogen-bond donors (Lipinski definition) is 1. The van der Waals surface area contributed by atoms with Gasteiger partial charge in [-0.05, 0) is 82.9 Å². The number of alkyl halides is 3. The van der Waals surface area contributed by atoms with Crippen LogP contribution in [0, 0.1) is 157 Å². The van der Waals surface area contributed by atoms with Crippen molar-refractivity contribution in [3.05, 3.63) is 105 Å². The fourth-order valence-electron chi connectivity index (χ4n) is 11.8. The Bertz CT molecular complexity index is 2420. The van der Waals surface area contributed by atoms with Crippen LogP contribution in [0.3, 0.4) is 0 Å². The van der Waals surface area contributed by atoms with Gasteiger partial charge in [0.25, 0.3) is 11.9 Å². The monoisotopic (exact) mass is 776 g/mol. The molecule has 4 saturated carbocycles. The molecule has 5 aliphatic rings. The lowest BCUT2D eigenvalue weighted by Gasteiger charge is -2.59. The highest BCUT2D eigenvalue weighted by atomic mass is 19.2. The molecule has 2 aromatic carbocycles. The molecule has 57 heavy (non-hydrogen) atoms. The molecule has 16 atom stereocenters. The molecule has 2 heterocycles. The molecule has 0 radical (unpaired) electrons. The van der Waals surface area contributed by atoms with Crippen LogP contribution >= 0.6 is 0 Å². The van der Waals surface area contributed by atoms with E-state index < -0.39 is 130 Å². The molecule has 8 rings (SSSR count). The number of allylic oxidation sites excluding steroid dienone is 2. The van der Waals surface area contributed by atoms with E-state index >= 15 is 22.0 Å². The first kappa shape index (κ1) is 37.7. The maximum Gasteiger partial charge on any atom is 0.252 e. The van der Waals surface area contributed by atoms with Crippen molar-refractivity contribution in [2.75, 3.05) is 0 Å². The number of pyridine rings is 1. The van der Waals surface area contributed by atoms with E-state index in [2.05, 4.69) is 23.2 Å². The van der Waals surface area contributed by atoms with Gasteiger partial charge in [-0.2, -0.15) is 45.3 Å². The molecule has 0 spiro atoms. The number of fused-ring (bicyclic) bond motifs is 4. The van der Waals surface area contributed by atoms with Crippen molar-refractivity contribution in [3.63, 3.8) is 0 Å². The van der Waals surface area contributed by atoms with E-state index in [0.717, 1.165) is 0 Å². The first-order valence-electron chi connectivity index (χ1n) is 18.2. The first-order chi connectivity index (χ1) is 27.4. The number of benzene rings is 2. The van der Waals surface area contributed by atoms with Crippen molar-refractivity contribution in [2.45, 2.75) is 37.0 Å². The number of nitrogens with zero attached hydrogens (tertiary/aromatic N) is 7. The van der Waals surface area contributed by atoms with Crippen LogP contribution in [0.25, 0.3) is 5.57 Å². The van der Waals surface area contributed by atoms with E-state index in [-0.39, 0.29) is 28.7 Å². The van der Waals surface area contributed by atoms with E-state index in [0.29, 0.717) is 5.56 Å². The molecule has 1 aromatic heterocycles. The van der Waals surface area contributed by atoms with E-state index in [1.165, 1.54) is 36.4 Å². The van der Waals surface area contributed by atoms with E-state index in [1.54, 1.807) is 18.2 Å². The molecule has 1 N–H and O–H groups in total. The van der Waals surface area contributed by atoms with Gasteiger partial charge in [0.1, 0.15) is 6.17 Å². The zero-order valence-electron chi connectivity index (χ0n) is 29.3. The van der Waals surface area contributed by atoms with E-state index in [1.807, 2.05) is 17.5 Å². The Hall–Kier alpha value is -6.26. The summed E-state index contributed by atoms with van der Waals surface area (Å²) in [7, 11) is 0. The van der Waals surface area contributed by atoms with Gasteiger partial charge in [0.05, 0.1) is 76.4 Å². The van der Waals surface area contributed by atoms with Gasteiger partial charge in [0, 0.05) is 23.7 Å². The molecule has 3 aromatic rings. The fraction of sp³-hybridized carbons (Fsp3) is 0.405. The lowest BCUT2D eigenvalue weighted by molar-refractivity contribution is -0.166. The van der Waals surface area contributed by atoms with Crippen LogP contribution in [0.5, 0.6) is 0 Å². The van der Waals surface area contributed by atoms with Gasteiger partial charge in [-0.1, -0.05) is 24.3 Å². The SMILES string of the molecule is N#C/C(=C1/C2CC3C(C#N)C(c4ccc(C#N)cc4)C4C(C#N)C5C(F)C(F)NC(F)C5C(C2C(C#N)C1c1ccc(C#N)cc1)C34)c1c(F)c(F)nc(F)c1F. The second-order valence-corrected chi connectivity index (χ2v) is 15.5. The molecule has 1 aliphatic heterocycles. The topological polar surface area (TPSA) is 168 Å². The maximum atomic E-state index is 16.7. The summed E-state index contributed by atoms with van der Waals surface area (Å²) in [5.74, 6) is -22.6. The normalized spacial score (nSPS) is 38.1. The lowest BCUT2D eigenvalue weighted by Crippen LogP contribution is -2.65. The van der Waals surface area contributed by atoms with Crippen molar-refractivity contribution >= 4 is 5.57 Å². The number of halogens is 7. The number of aromatic nitrogens is 1. The van der Waals surface area contributed by atoms with Gasteiger partial charge in [-0.15, -0.1) is 0 Å². The van der Waals surface area contributed by atoms with Crippen LogP contribution in [0.15, 0.2) is 54.1 Å². The van der Waals surface area contributed by atoms with Crippen molar-refractivity contribution < 1.29 is 30.7 Å². The van der Waals surface area contributed by atoms with Gasteiger partial charge in [-0.3, -0.25) is 5.32 Å². The average Bonchev–Trinajstić information content (AvgIpc) is 3.73. The number of nitriles is 6. The third-order valence-electron chi connectivity index (χ3n) is 13.5. The molecule has 0 bridgehead atoms. The summed E-state index contributed by atoms with van der Waals surface area (Å²) in [6, 6.07) is 24.3. The predicted octanol–water partition coefficient (Wildman–Crippen LogP) is 7.55. The highest BCUT2D eigenvalue weighted by molar-refractivity contribution is 5.82. The molecule has 0 amide bonds. The molecule has 8 nitrogen and oxygen atoms in total. The Morgan fingerprint density at radius 1 is 0.614 bits per heavy atom. The minimum absolute atomic E-state index is 0.0806. The Morgan fingerprint density at radius 3 is 1.70 bits per heavy atom. The molecule has 4 aliphatic carbocycles. The third kappa shape index (κ3) is 5.34. The van der Waals surface area contributed by atoms with Crippen LogP contribution < -0.4 is 5.32 Å². The van der Waals surface area contributed by atoms with Crippen LogP contribution in [0.4, 0.5) is 30.7 Å². The summed E-state index contributed by atoms with van der Waals surface area (Å²) >= 11 is 0. The summed E-state index contributed by atoms with van der Waals surface area (Å²) in [5.41, 5.74) is -1.13. The minimum atomic E-state index is -2.52. The predicted molar refractivity (Wildman–Crippen MR) is 182 cm³/mol. The summed E-state index contributed by atoms with van der Waals surface area (Å²) in [6.07, 6.45) is -7.28. The second kappa shape index (κ2) is 14.0. The van der Waals surface area contributed by atoms with Crippen LogP contribution in [-0.4, -0.2) is 23.7 Å². The van der Waals surface area contributed by atoms with E-state index in [9.17, 15) is 40.4 Å². The molecule has 5 fully saturated rings. The van der Waals surface area contributed by atoms with Gasteiger partial charge in [0.2, 0.25) is 0 Å². The molecular weight excluding hydrogens is 750 g/mol. The van der Waals surface area contributed by atoms with E-state index in [4.69, 9.17) is 0 Å². The minimum Gasteiger partial charge on any atom is -0.255 e. The standard InChI is InChI=1S/C42H27F7N8/c43-36-32-25(15-55)31-26(18-5-1-16(10-50)2-6-18)22(12-52)20-9-21-28(24(14-54)33-37(44)41(48)57-42(49)38(33)45)27(19-7-3-17(11-51)4-8-19)23(13-53)29(21)34(30(20)31)35(32)39(46)56-40(36)47/h1-8,20-23,25-27,29-32,34-36,39-40,56H,9H2/b28-24+. The Kier molecular flexibility index (Phi) is 9.27. The maximum absolute atomic E-state index is 16.7. The summed E-state index contributed by atoms with van der Waals surface area (Å²) in [6.45, 7) is 0. The summed E-state index contributed by atoms with van der Waals surface area (Å²) < 4.78 is 109. The summed E-state index contributed by atoms with van der Waals surface area (Å²) in [4.78, 5) is 2.63. The molecule has 1 saturated heterocycles. The molecule has 15 heteroatoms. The number of rotatable bonds is 3. The Balaban J connectivity index is 1.44. The van der Waals surface area contributed by atoms with Crippen LogP contribution in [0.2, 0.25) is 0 Å². The second-order valence-electron chi connectivity index (χ2n) is 15.5. The van der Waals surface area contributed by atoms with Crippen LogP contribution in [0.1, 0.15) is 46.1 Å². The zero-order chi connectivity index (χ0) is 40.6. The smallest absolute Gasteiger partial charge is 0.252 e. The fourth-order valence-corrected chi connectivity index (χ4v) is 11.8. The number of hydrogen-bond acceptors (Lipinski definition) is 8. The van der Waals surface area contributed by atoms with Crippen molar-refractivity contribution in [3.8, 4) is 36.4 Å². The van der Waals surface area contributed by atoms with Crippen molar-refractivity contribution in [2.24, 2.45) is 65.1 Å². The highest BCUT2D eigenvalue weighted by Crippen LogP contribution is 2.74. The average molecular weight is 777 g/mol. The van der Waals surface area contributed by atoms with Gasteiger partial charge in [-0.25, -0.2) is 22.0 Å². The molecule has 284 valence electrons. The number of piperidine rings is 1. The largest absolute Gasteiger partial charge is 0.255 e. The van der Waals surface area contributed by atoms with Gasteiger partial charge >= 0.3 is 0 Å². The van der Waals surface area contributed by atoms with Gasteiger partial charge < -0.3 is 0 Å². The quantitative estimate of drug-likeness (QED) is 0.123. The highest BCUT2D eigenvalue weighted by Gasteiger charge is 2.72. The first-order valence-corrected chi connectivity index (χ1v) is 18.2. The van der Waals surface area contributed by atoms with Crippen LogP contribution in [-0.2, 0) is 0 Å². The number of nitrogens with one attached hydrogen (secondary N) is 1. The Labute approximate surface area is 321 Å². The molecular formula is C42H27F7N8. The summed E-state index contributed by atoms with van der Waals surface area (Å²) in [5, 5.41) is 64.5. The Morgan fingerprint density at radius 2 is 1.18 bits per heavy atom. The lowest BCUT2D eigenvalue weighted by atomic mass is 9.46. The van der Waals surface area contributed by atoms with Crippen molar-refractivity contribution in [1.29, 1.82) is 31.6 Å². The van der Waals surface area contributed by atoms with Crippen molar-refractivity contribution in [1.82, 2.24) is 10.3 Å².